The van der Waals surface area contributed by atoms with Crippen molar-refractivity contribution in [1.29, 1.82) is 0 Å². The van der Waals surface area contributed by atoms with Crippen LogP contribution in [0.2, 0.25) is 13.1 Å². The van der Waals surface area contributed by atoms with Crippen LogP contribution in [0.25, 0.3) is 27.1 Å². The van der Waals surface area contributed by atoms with E-state index >= 15 is 0 Å². The second-order valence-electron chi connectivity index (χ2n) is 8.83. The summed E-state index contributed by atoms with van der Waals surface area (Å²) in [6, 6.07) is 19.0. The van der Waals surface area contributed by atoms with Gasteiger partial charge in [-0.15, -0.1) is 33.7 Å². The van der Waals surface area contributed by atoms with Crippen molar-refractivity contribution in [3.8, 4) is 0 Å². The average molecular weight is 577 g/mol. The van der Waals surface area contributed by atoms with Crippen molar-refractivity contribution in [2.45, 2.75) is 65.7 Å². The Hall–Kier alpha value is -0.570. The SMILES string of the molecule is CC(C)N(CCC1=CCC(c2cccc3c2[cH-]c2ccccc23)=C1)C(C)C.C[Si]C.[Cl-].[Cl-].[Zr+3]. The number of halogens is 2. The molecule has 0 saturated heterocycles. The van der Waals surface area contributed by atoms with Crippen molar-refractivity contribution in [2.24, 2.45) is 0 Å². The van der Waals surface area contributed by atoms with Gasteiger partial charge in [0.15, 0.2) is 0 Å². The fourth-order valence-electron chi connectivity index (χ4n) is 4.57. The van der Waals surface area contributed by atoms with E-state index in [1.807, 2.05) is 0 Å². The molecule has 175 valence electrons. The smallest absolute Gasteiger partial charge is 1.00 e. The standard InChI is InChI=1S/C26H30N.C2H6Si.2ClH.Zr/c1-18(2)27(19(3)4)15-14-20-12-13-22(16-20)24-10-7-11-25-23-9-6-5-8-21(23)17-26(24)25;1-3-2;;;/h5-12,16-19H,13-15H2,1-4H3;1-2H3;2*1H;/q-1;;;;+3/p-2. The molecule has 3 aromatic carbocycles. The monoisotopic (exact) mass is 574 g/mol. The maximum atomic E-state index is 2.58. The third kappa shape index (κ3) is 7.97. The third-order valence-electron chi connectivity index (χ3n) is 5.93. The van der Waals surface area contributed by atoms with E-state index in [1.165, 1.54) is 38.3 Å². The number of nitrogens with zero attached hydrogens (tertiary/aromatic N) is 1. The zero-order valence-corrected chi connectivity index (χ0v) is 25.7. The normalized spacial score (nSPS) is 12.6. The topological polar surface area (TPSA) is 3.24 Å². The van der Waals surface area contributed by atoms with Gasteiger partial charge in [-0.3, -0.25) is 4.90 Å². The molecule has 33 heavy (non-hydrogen) atoms. The molecule has 0 fully saturated rings. The molecule has 5 heteroatoms. The van der Waals surface area contributed by atoms with Gasteiger partial charge in [0, 0.05) is 28.1 Å². The van der Waals surface area contributed by atoms with Gasteiger partial charge in [0.1, 0.15) is 0 Å². The van der Waals surface area contributed by atoms with Gasteiger partial charge in [-0.1, -0.05) is 78.4 Å². The Bertz CT molecular complexity index is 1040. The number of fused-ring (bicyclic) bond motifs is 3. The van der Waals surface area contributed by atoms with Crippen LogP contribution in [0.1, 0.15) is 46.1 Å². The molecule has 3 radical (unpaired) electrons. The number of rotatable bonds is 6. The molecule has 0 aliphatic heterocycles. The first kappa shape index (κ1) is 32.4. The van der Waals surface area contributed by atoms with Crippen LogP contribution in [-0.2, 0) is 26.2 Å². The molecule has 1 aliphatic rings. The van der Waals surface area contributed by atoms with Gasteiger partial charge in [-0.25, -0.2) is 0 Å². The van der Waals surface area contributed by atoms with E-state index in [1.54, 1.807) is 0 Å². The predicted molar refractivity (Wildman–Crippen MR) is 137 cm³/mol. The first-order valence-electron chi connectivity index (χ1n) is 11.3. The number of hydrogen-bond donors (Lipinski definition) is 0. The summed E-state index contributed by atoms with van der Waals surface area (Å²) in [5, 5.41) is 5.48. The summed E-state index contributed by atoms with van der Waals surface area (Å²) in [6.07, 6.45) is 7.05. The second-order valence-corrected chi connectivity index (χ2v) is 9.83. The Morgan fingerprint density at radius 2 is 1.52 bits per heavy atom. The van der Waals surface area contributed by atoms with E-state index in [-0.39, 0.29) is 51.0 Å². The number of benzene rings is 2. The number of hydrogen-bond acceptors (Lipinski definition) is 1. The summed E-state index contributed by atoms with van der Waals surface area (Å²) in [4.78, 5) is 2.58. The molecule has 0 unspecified atom stereocenters. The van der Waals surface area contributed by atoms with Crippen LogP contribution in [0.4, 0.5) is 0 Å². The van der Waals surface area contributed by atoms with Gasteiger partial charge in [0.2, 0.25) is 0 Å². The third-order valence-corrected chi connectivity index (χ3v) is 5.93. The van der Waals surface area contributed by atoms with E-state index in [2.05, 4.69) is 106 Å². The minimum Gasteiger partial charge on any atom is -1.00 e. The van der Waals surface area contributed by atoms with Crippen LogP contribution >= 0.6 is 0 Å². The summed E-state index contributed by atoms with van der Waals surface area (Å²) < 4.78 is 0. The molecular formula is C28H36Cl2NSiZr. The molecule has 0 atom stereocenters. The maximum Gasteiger partial charge on any atom is 3.00 e. The molecule has 1 aliphatic carbocycles. The summed E-state index contributed by atoms with van der Waals surface area (Å²) in [5.74, 6) is 0. The van der Waals surface area contributed by atoms with E-state index in [0.29, 0.717) is 12.1 Å². The maximum absolute atomic E-state index is 2.58. The van der Waals surface area contributed by atoms with Crippen LogP contribution in [0.5, 0.6) is 0 Å². The van der Waals surface area contributed by atoms with Crippen molar-refractivity contribution < 1.29 is 51.0 Å². The zero-order chi connectivity index (χ0) is 21.7. The predicted octanol–water partition coefficient (Wildman–Crippen LogP) is 1.73. The average Bonchev–Trinajstić information content (AvgIpc) is 3.32. The Morgan fingerprint density at radius 1 is 0.909 bits per heavy atom. The first-order chi connectivity index (χ1) is 14.5. The summed E-state index contributed by atoms with van der Waals surface area (Å²) in [6.45, 7) is 14.6. The molecule has 0 heterocycles. The van der Waals surface area contributed by atoms with E-state index in [9.17, 15) is 0 Å². The Labute approximate surface area is 235 Å². The van der Waals surface area contributed by atoms with E-state index in [4.69, 9.17) is 0 Å². The van der Waals surface area contributed by atoms with Crippen LogP contribution in [0.15, 0.2) is 66.3 Å². The summed E-state index contributed by atoms with van der Waals surface area (Å²) >= 11 is 0. The zero-order valence-electron chi connectivity index (χ0n) is 20.8. The Balaban J connectivity index is 0.00000162. The molecule has 0 amide bonds. The van der Waals surface area contributed by atoms with Crippen molar-refractivity contribution in [3.05, 3.63) is 71.8 Å². The van der Waals surface area contributed by atoms with Crippen molar-refractivity contribution in [3.63, 3.8) is 0 Å². The van der Waals surface area contributed by atoms with Gasteiger partial charge in [-0.05, 0) is 40.5 Å². The molecule has 0 N–H and O–H groups in total. The Kier molecular flexibility index (Phi) is 15.2. The molecule has 1 nitrogen and oxygen atoms in total. The quantitative estimate of drug-likeness (QED) is 0.319. The largest absolute Gasteiger partial charge is 3.00 e. The van der Waals surface area contributed by atoms with Crippen LogP contribution < -0.4 is 24.8 Å². The molecule has 4 rings (SSSR count). The summed E-state index contributed by atoms with van der Waals surface area (Å²) in [7, 11) is 1.08. The van der Waals surface area contributed by atoms with Crippen molar-refractivity contribution in [2.75, 3.05) is 6.54 Å². The molecule has 0 aromatic heterocycles. The fourth-order valence-corrected chi connectivity index (χ4v) is 4.57. The summed E-state index contributed by atoms with van der Waals surface area (Å²) in [5.41, 5.74) is 4.36. The van der Waals surface area contributed by atoms with Crippen molar-refractivity contribution >= 4 is 36.6 Å². The minimum atomic E-state index is 0. The van der Waals surface area contributed by atoms with Gasteiger partial charge in [0.05, 0.1) is 0 Å². The van der Waals surface area contributed by atoms with Gasteiger partial charge in [0.25, 0.3) is 0 Å². The molecule has 0 saturated carbocycles. The second kappa shape index (κ2) is 15.4. The first-order valence-corrected chi connectivity index (χ1v) is 13.3. The minimum absolute atomic E-state index is 0. The Morgan fingerprint density at radius 3 is 2.15 bits per heavy atom. The van der Waals surface area contributed by atoms with Gasteiger partial charge < -0.3 is 24.8 Å². The molecule has 0 spiro atoms. The van der Waals surface area contributed by atoms with Gasteiger partial charge in [-0.2, -0.15) is 0 Å². The van der Waals surface area contributed by atoms with Gasteiger partial charge >= 0.3 is 26.2 Å². The molecule has 3 aromatic rings. The van der Waals surface area contributed by atoms with E-state index < -0.39 is 0 Å². The van der Waals surface area contributed by atoms with Crippen LogP contribution in [-0.4, -0.2) is 33.0 Å². The molecular weight excluding hydrogens is 541 g/mol. The number of allylic oxidation sites excluding steroid dienone is 3. The fraction of sp³-hybridized carbons (Fsp3) is 0.393. The molecule has 0 bridgehead atoms. The van der Waals surface area contributed by atoms with Crippen LogP contribution in [0.3, 0.4) is 0 Å². The van der Waals surface area contributed by atoms with Crippen LogP contribution in [0, 0.1) is 0 Å². The van der Waals surface area contributed by atoms with Crippen molar-refractivity contribution in [1.82, 2.24) is 4.90 Å². The van der Waals surface area contributed by atoms with E-state index in [0.717, 1.165) is 28.9 Å².